The molecule has 3 atom stereocenters. The highest BCUT2D eigenvalue weighted by atomic mass is 31.1. The first-order valence-electron chi connectivity index (χ1n) is 12.4. The van der Waals surface area contributed by atoms with E-state index in [1.807, 2.05) is 44.2 Å². The van der Waals surface area contributed by atoms with Crippen LogP contribution in [0.1, 0.15) is 67.2 Å². The highest BCUT2D eigenvalue weighted by Gasteiger charge is 2.26. The van der Waals surface area contributed by atoms with E-state index in [1.54, 1.807) is 13.1 Å². The van der Waals surface area contributed by atoms with E-state index in [9.17, 15) is 13.6 Å². The second-order valence-corrected chi connectivity index (χ2v) is 9.52. The zero-order chi connectivity index (χ0) is 26.7. The molecule has 2 unspecified atom stereocenters. The number of alkyl halides is 2. The second-order valence-electron chi connectivity index (χ2n) is 8.48. The monoisotopic (exact) mass is 513 g/mol. The van der Waals surface area contributed by atoms with Gasteiger partial charge in [0.25, 0.3) is 5.92 Å². The first-order valence-corrected chi connectivity index (χ1v) is 13.9. The Balaban J connectivity index is 0.00000222. The summed E-state index contributed by atoms with van der Waals surface area (Å²) < 4.78 is 27.1. The van der Waals surface area contributed by atoms with Gasteiger partial charge in [-0.2, -0.15) is 8.78 Å². The standard InChI is InChI=1S/C27H32F2N3OP.C2H6/c1-18-10-13-21(16-23(18)34-4)22(14-11-19-12-15-24(31-17-19)27(2,28)29)32-25(26(33)30-3)20-8-6-5-7-9-20;1-2/h5-10,12-13,15-17,22,25,32,34H,11,14H2,1-4H3,(H,30,33);1-2H3/t22-,25?;/m1./s1. The van der Waals surface area contributed by atoms with Gasteiger partial charge in [0.1, 0.15) is 11.7 Å². The molecule has 1 heterocycles. The number of rotatable bonds is 10. The summed E-state index contributed by atoms with van der Waals surface area (Å²) in [6.07, 6.45) is 2.83. The van der Waals surface area contributed by atoms with Gasteiger partial charge in [-0.15, -0.1) is 0 Å². The predicted molar refractivity (Wildman–Crippen MR) is 148 cm³/mol. The van der Waals surface area contributed by atoms with Gasteiger partial charge in [0.05, 0.1) is 0 Å². The van der Waals surface area contributed by atoms with Crippen LogP contribution >= 0.6 is 8.58 Å². The minimum atomic E-state index is -2.96. The number of halogens is 2. The van der Waals surface area contributed by atoms with Crippen LogP contribution in [0.15, 0.2) is 66.9 Å². The number of aromatic nitrogens is 1. The number of likely N-dealkylation sites (N-methyl/N-ethyl adjacent to an activating group) is 1. The molecule has 2 N–H and O–H groups in total. The van der Waals surface area contributed by atoms with Crippen LogP contribution in [0.5, 0.6) is 0 Å². The number of aryl methyl sites for hydroxylation is 2. The summed E-state index contributed by atoms with van der Waals surface area (Å²) >= 11 is 0. The van der Waals surface area contributed by atoms with Gasteiger partial charge >= 0.3 is 0 Å². The Morgan fingerprint density at radius 2 is 1.75 bits per heavy atom. The van der Waals surface area contributed by atoms with Gasteiger partial charge in [0.15, 0.2) is 0 Å². The summed E-state index contributed by atoms with van der Waals surface area (Å²) in [6, 6.07) is 18.5. The van der Waals surface area contributed by atoms with E-state index in [2.05, 4.69) is 47.4 Å². The Hall–Kier alpha value is -2.69. The molecule has 0 saturated carbocycles. The summed E-state index contributed by atoms with van der Waals surface area (Å²) in [5.41, 5.74) is 3.87. The fourth-order valence-electron chi connectivity index (χ4n) is 3.93. The van der Waals surface area contributed by atoms with Crippen LogP contribution < -0.4 is 15.9 Å². The van der Waals surface area contributed by atoms with Crippen LogP contribution in [-0.2, 0) is 17.1 Å². The van der Waals surface area contributed by atoms with E-state index in [0.29, 0.717) is 21.4 Å². The molecule has 2 aromatic carbocycles. The molecule has 0 aliphatic rings. The first-order chi connectivity index (χ1) is 17.2. The van der Waals surface area contributed by atoms with Crippen molar-refractivity contribution in [1.82, 2.24) is 15.6 Å². The third-order valence-electron chi connectivity index (χ3n) is 5.94. The van der Waals surface area contributed by atoms with Crippen molar-refractivity contribution in [1.29, 1.82) is 0 Å². The van der Waals surface area contributed by atoms with Crippen LogP contribution in [0.25, 0.3) is 0 Å². The van der Waals surface area contributed by atoms with Gasteiger partial charge in [-0.05, 0) is 66.1 Å². The van der Waals surface area contributed by atoms with Crippen molar-refractivity contribution in [3.63, 3.8) is 0 Å². The van der Waals surface area contributed by atoms with E-state index < -0.39 is 12.0 Å². The number of carbonyl (C=O) groups is 1. The Kier molecular flexibility index (Phi) is 11.6. The molecule has 0 spiro atoms. The maximum absolute atomic E-state index is 13.5. The summed E-state index contributed by atoms with van der Waals surface area (Å²) in [5.74, 6) is -3.07. The summed E-state index contributed by atoms with van der Waals surface area (Å²) in [5, 5.41) is 7.62. The Morgan fingerprint density at radius 3 is 2.31 bits per heavy atom. The van der Waals surface area contributed by atoms with E-state index >= 15 is 0 Å². The van der Waals surface area contributed by atoms with Crippen LogP contribution in [0.3, 0.4) is 0 Å². The van der Waals surface area contributed by atoms with E-state index in [1.165, 1.54) is 23.1 Å². The predicted octanol–water partition coefficient (Wildman–Crippen LogP) is 6.21. The van der Waals surface area contributed by atoms with Crippen molar-refractivity contribution in [2.75, 3.05) is 13.7 Å². The number of benzene rings is 2. The van der Waals surface area contributed by atoms with Crippen molar-refractivity contribution in [3.8, 4) is 0 Å². The van der Waals surface area contributed by atoms with Gasteiger partial charge in [-0.3, -0.25) is 15.1 Å². The highest BCUT2D eigenvalue weighted by Crippen LogP contribution is 2.27. The third-order valence-corrected chi connectivity index (χ3v) is 7.02. The Labute approximate surface area is 216 Å². The highest BCUT2D eigenvalue weighted by molar-refractivity contribution is 7.46. The lowest BCUT2D eigenvalue weighted by Gasteiger charge is -2.26. The number of hydrogen-bond acceptors (Lipinski definition) is 3. The van der Waals surface area contributed by atoms with Crippen LogP contribution in [-0.4, -0.2) is 24.6 Å². The average molecular weight is 514 g/mol. The molecule has 194 valence electrons. The lowest BCUT2D eigenvalue weighted by Crippen LogP contribution is -2.38. The molecular weight excluding hydrogens is 475 g/mol. The number of nitrogens with one attached hydrogen (secondary N) is 2. The zero-order valence-corrected chi connectivity index (χ0v) is 23.0. The summed E-state index contributed by atoms with van der Waals surface area (Å²) in [6.45, 7) is 9.11. The van der Waals surface area contributed by atoms with Gasteiger partial charge in [0.2, 0.25) is 5.91 Å². The smallest absolute Gasteiger partial charge is 0.286 e. The van der Waals surface area contributed by atoms with Gasteiger partial charge in [-0.1, -0.05) is 71.0 Å². The minimum absolute atomic E-state index is 0.114. The lowest BCUT2D eigenvalue weighted by atomic mass is 9.96. The second kappa shape index (κ2) is 14.2. The van der Waals surface area contributed by atoms with Gasteiger partial charge < -0.3 is 5.32 Å². The molecule has 0 radical (unpaired) electrons. The largest absolute Gasteiger partial charge is 0.358 e. The SMILES string of the molecule is CC.CNC(=O)C(N[C@H](CCc1ccc(C(C)(F)F)nc1)c1ccc(C)c(PC)c1)c1ccccc1. The van der Waals surface area contributed by atoms with E-state index in [4.69, 9.17) is 0 Å². The van der Waals surface area contributed by atoms with Crippen molar-refractivity contribution >= 4 is 19.8 Å². The summed E-state index contributed by atoms with van der Waals surface area (Å²) in [7, 11) is 2.29. The molecule has 4 nitrogen and oxygen atoms in total. The topological polar surface area (TPSA) is 54.0 Å². The molecule has 0 aliphatic heterocycles. The third kappa shape index (κ3) is 8.18. The van der Waals surface area contributed by atoms with Crippen molar-refractivity contribution in [3.05, 3.63) is 94.8 Å². The summed E-state index contributed by atoms with van der Waals surface area (Å²) in [4.78, 5) is 16.8. The molecule has 0 fully saturated rings. The van der Waals surface area contributed by atoms with Gasteiger partial charge in [0, 0.05) is 26.2 Å². The van der Waals surface area contributed by atoms with Gasteiger partial charge in [-0.25, -0.2) is 0 Å². The zero-order valence-electron chi connectivity index (χ0n) is 22.0. The molecule has 1 amide bonds. The molecule has 0 saturated heterocycles. The first kappa shape index (κ1) is 29.5. The molecule has 1 aromatic heterocycles. The van der Waals surface area contributed by atoms with Crippen molar-refractivity contribution < 1.29 is 13.6 Å². The van der Waals surface area contributed by atoms with Crippen molar-refractivity contribution in [2.24, 2.45) is 0 Å². The number of carbonyl (C=O) groups excluding carboxylic acids is 1. The molecule has 0 aliphatic carbocycles. The maximum Gasteiger partial charge on any atom is 0.286 e. The number of pyridine rings is 1. The molecule has 36 heavy (non-hydrogen) atoms. The Bertz CT molecular complexity index is 1090. The number of hydrogen-bond donors (Lipinski definition) is 2. The fraction of sp³-hybridized carbons (Fsp3) is 0.379. The fourth-order valence-corrected chi connectivity index (χ4v) is 4.72. The van der Waals surface area contributed by atoms with Crippen LogP contribution in [0.4, 0.5) is 8.78 Å². The van der Waals surface area contributed by atoms with E-state index in [0.717, 1.165) is 23.6 Å². The molecule has 0 bridgehead atoms. The van der Waals surface area contributed by atoms with Crippen LogP contribution in [0, 0.1) is 6.92 Å². The molecule has 7 heteroatoms. The molecule has 3 rings (SSSR count). The maximum atomic E-state index is 13.5. The van der Waals surface area contributed by atoms with Crippen LogP contribution in [0.2, 0.25) is 0 Å². The van der Waals surface area contributed by atoms with Crippen molar-refractivity contribution in [2.45, 2.75) is 58.5 Å². The number of amides is 1. The Morgan fingerprint density at radius 1 is 1.06 bits per heavy atom. The quantitative estimate of drug-likeness (QED) is 0.317. The minimum Gasteiger partial charge on any atom is -0.358 e. The molecule has 3 aromatic rings. The normalized spacial score (nSPS) is 13.1. The van der Waals surface area contributed by atoms with E-state index in [-0.39, 0.29) is 17.6 Å². The number of nitrogens with zero attached hydrogens (tertiary/aromatic N) is 1. The average Bonchev–Trinajstić information content (AvgIpc) is 2.90. The lowest BCUT2D eigenvalue weighted by molar-refractivity contribution is -0.123. The molecular formula is C29H38F2N3OP.